The second-order valence-corrected chi connectivity index (χ2v) is 7.62. The van der Waals surface area contributed by atoms with Crippen LogP contribution in [-0.4, -0.2) is 51.5 Å². The van der Waals surface area contributed by atoms with E-state index in [2.05, 4.69) is 9.97 Å². The van der Waals surface area contributed by atoms with Crippen molar-refractivity contribution in [1.29, 1.82) is 5.26 Å². The lowest BCUT2D eigenvalue weighted by molar-refractivity contribution is -0.148. The Kier molecular flexibility index (Phi) is 6.17. The van der Waals surface area contributed by atoms with Crippen molar-refractivity contribution < 1.29 is 19.4 Å². The summed E-state index contributed by atoms with van der Waals surface area (Å²) in [5, 5.41) is 19.8. The Balaban J connectivity index is 1.35. The first-order valence-electron chi connectivity index (χ1n) is 10.3. The number of nitrogens with one attached hydrogen (secondary N) is 1. The lowest BCUT2D eigenvalue weighted by Gasteiger charge is -2.16. The van der Waals surface area contributed by atoms with Gasteiger partial charge in [0.05, 0.1) is 17.0 Å². The monoisotopic (exact) mass is 430 g/mol. The number of amides is 1. The van der Waals surface area contributed by atoms with E-state index in [1.165, 1.54) is 0 Å². The first-order chi connectivity index (χ1) is 15.5. The van der Waals surface area contributed by atoms with Gasteiger partial charge in [-0.1, -0.05) is 42.5 Å². The Morgan fingerprint density at radius 2 is 1.97 bits per heavy atom. The number of aromatic amines is 1. The second kappa shape index (κ2) is 9.35. The molecule has 32 heavy (non-hydrogen) atoms. The molecule has 1 aliphatic rings. The van der Waals surface area contributed by atoms with Crippen LogP contribution < -0.4 is 0 Å². The van der Waals surface area contributed by atoms with E-state index in [1.807, 2.05) is 48.5 Å². The van der Waals surface area contributed by atoms with Gasteiger partial charge in [-0.25, -0.2) is 4.98 Å². The molecule has 162 valence electrons. The number of imidazole rings is 1. The third-order valence-electron chi connectivity index (χ3n) is 5.44. The van der Waals surface area contributed by atoms with E-state index in [0.29, 0.717) is 18.5 Å². The van der Waals surface area contributed by atoms with E-state index in [4.69, 9.17) is 4.74 Å². The Labute approximate surface area is 184 Å². The zero-order valence-corrected chi connectivity index (χ0v) is 17.3. The van der Waals surface area contributed by atoms with Crippen molar-refractivity contribution in [3.8, 4) is 6.07 Å². The van der Waals surface area contributed by atoms with Crippen LogP contribution in [0.3, 0.4) is 0 Å². The van der Waals surface area contributed by atoms with Crippen LogP contribution in [0.25, 0.3) is 16.6 Å². The lowest BCUT2D eigenvalue weighted by atomic mass is 10.1. The van der Waals surface area contributed by atoms with E-state index in [0.717, 1.165) is 11.1 Å². The Bertz CT molecular complexity index is 1180. The van der Waals surface area contributed by atoms with Crippen molar-refractivity contribution >= 4 is 28.5 Å². The highest BCUT2D eigenvalue weighted by atomic mass is 16.5. The summed E-state index contributed by atoms with van der Waals surface area (Å²) in [7, 11) is 0. The molecular formula is C24H22N4O4. The zero-order chi connectivity index (χ0) is 22.5. The number of carbonyl (C=O) groups is 2. The van der Waals surface area contributed by atoms with E-state index < -0.39 is 24.3 Å². The van der Waals surface area contributed by atoms with Crippen molar-refractivity contribution in [3.63, 3.8) is 0 Å². The van der Waals surface area contributed by atoms with Gasteiger partial charge in [-0.2, -0.15) is 5.26 Å². The van der Waals surface area contributed by atoms with Gasteiger partial charge in [0, 0.05) is 19.5 Å². The maximum Gasteiger partial charge on any atom is 0.311 e. The van der Waals surface area contributed by atoms with Gasteiger partial charge in [-0.05, 0) is 24.1 Å². The number of rotatable bonds is 7. The van der Waals surface area contributed by atoms with Gasteiger partial charge < -0.3 is 19.7 Å². The molecule has 0 bridgehead atoms. The van der Waals surface area contributed by atoms with Crippen molar-refractivity contribution in [1.82, 2.24) is 14.9 Å². The number of benzene rings is 2. The quantitative estimate of drug-likeness (QED) is 0.338. The standard InChI is InChI=1S/C24H22N4O4/c25-13-18(23-26-19-8-4-5-9-20(19)27-23)21(29)15-32-24(31)17-12-22(30)28(14-17)11-10-16-6-2-1-3-7-16/h1-9,17,29H,10-12,14-15H2,(H,26,27)/t17-/m1/s1. The number of aliphatic hydroxyl groups is 1. The van der Waals surface area contributed by atoms with Crippen LogP contribution in [0.2, 0.25) is 0 Å². The minimum Gasteiger partial charge on any atom is -0.507 e. The number of H-pyrrole nitrogens is 1. The van der Waals surface area contributed by atoms with Gasteiger partial charge in [-0.15, -0.1) is 0 Å². The number of esters is 1. The van der Waals surface area contributed by atoms with Gasteiger partial charge in [-0.3, -0.25) is 9.59 Å². The molecule has 0 aliphatic carbocycles. The summed E-state index contributed by atoms with van der Waals surface area (Å²) >= 11 is 0. The van der Waals surface area contributed by atoms with Gasteiger partial charge in [0.2, 0.25) is 5.91 Å². The summed E-state index contributed by atoms with van der Waals surface area (Å²) in [4.78, 5) is 33.6. The summed E-state index contributed by atoms with van der Waals surface area (Å²) in [6.07, 6.45) is 0.785. The Morgan fingerprint density at radius 3 is 2.72 bits per heavy atom. The molecule has 2 aromatic carbocycles. The zero-order valence-electron chi connectivity index (χ0n) is 17.3. The van der Waals surface area contributed by atoms with Crippen molar-refractivity contribution in [2.45, 2.75) is 12.8 Å². The molecule has 0 unspecified atom stereocenters. The van der Waals surface area contributed by atoms with Crippen molar-refractivity contribution in [3.05, 3.63) is 71.7 Å². The minimum absolute atomic E-state index is 0.0762. The third-order valence-corrected chi connectivity index (χ3v) is 5.44. The molecule has 4 rings (SSSR count). The molecule has 0 radical (unpaired) electrons. The highest BCUT2D eigenvalue weighted by Crippen LogP contribution is 2.22. The largest absolute Gasteiger partial charge is 0.507 e. The number of likely N-dealkylation sites (tertiary alicyclic amines) is 1. The highest BCUT2D eigenvalue weighted by Gasteiger charge is 2.35. The topological polar surface area (TPSA) is 119 Å². The van der Waals surface area contributed by atoms with Crippen LogP contribution in [0.15, 0.2) is 60.4 Å². The number of hydrogen-bond donors (Lipinski definition) is 2. The Hall–Kier alpha value is -4.12. The Morgan fingerprint density at radius 1 is 1.22 bits per heavy atom. The molecule has 2 N–H and O–H groups in total. The lowest BCUT2D eigenvalue weighted by Crippen LogP contribution is -2.29. The van der Waals surface area contributed by atoms with E-state index in [-0.39, 0.29) is 30.3 Å². The predicted molar refractivity (Wildman–Crippen MR) is 117 cm³/mol. The number of para-hydroxylation sites is 2. The number of ether oxygens (including phenoxy) is 1. The van der Waals surface area contributed by atoms with Crippen LogP contribution in [-0.2, 0) is 20.7 Å². The predicted octanol–water partition coefficient (Wildman–Crippen LogP) is 2.99. The van der Waals surface area contributed by atoms with Gasteiger partial charge >= 0.3 is 5.97 Å². The molecule has 3 aromatic rings. The molecule has 0 spiro atoms. The number of nitriles is 1. The molecule has 2 heterocycles. The number of carbonyl (C=O) groups excluding carboxylic acids is 2. The van der Waals surface area contributed by atoms with Gasteiger partial charge in [0.1, 0.15) is 18.2 Å². The number of aromatic nitrogens is 2. The molecule has 1 aliphatic heterocycles. The van der Waals surface area contributed by atoms with Crippen molar-refractivity contribution in [2.24, 2.45) is 5.92 Å². The maximum atomic E-state index is 12.5. The summed E-state index contributed by atoms with van der Waals surface area (Å²) in [5.41, 5.74) is 2.40. The van der Waals surface area contributed by atoms with Crippen LogP contribution in [0.5, 0.6) is 0 Å². The molecule has 0 saturated carbocycles. The van der Waals surface area contributed by atoms with E-state index in [1.54, 1.807) is 17.0 Å². The SMILES string of the molecule is N#CC(=C(O)COC(=O)[C@@H]1CC(=O)N(CCc2ccccc2)C1)c1nc2ccccc2[nH]1. The third kappa shape index (κ3) is 4.62. The summed E-state index contributed by atoms with van der Waals surface area (Å²) in [6.45, 7) is 0.347. The molecule has 1 saturated heterocycles. The first kappa shape index (κ1) is 21.1. The van der Waals surface area contributed by atoms with Crippen LogP contribution in [0.4, 0.5) is 0 Å². The minimum atomic E-state index is -0.595. The van der Waals surface area contributed by atoms with Crippen molar-refractivity contribution in [2.75, 3.05) is 19.7 Å². The first-order valence-corrected chi connectivity index (χ1v) is 10.3. The van der Waals surface area contributed by atoms with Crippen LogP contribution in [0, 0.1) is 17.2 Å². The average molecular weight is 430 g/mol. The number of allylic oxidation sites excluding steroid dienone is 1. The highest BCUT2D eigenvalue weighted by molar-refractivity contribution is 5.87. The van der Waals surface area contributed by atoms with Crippen LogP contribution >= 0.6 is 0 Å². The molecule has 8 heteroatoms. The molecule has 1 aromatic heterocycles. The summed E-state index contributed by atoms with van der Waals surface area (Å²) in [5.74, 6) is -1.46. The smallest absolute Gasteiger partial charge is 0.311 e. The fourth-order valence-electron chi connectivity index (χ4n) is 3.71. The molecule has 1 atom stereocenters. The molecule has 8 nitrogen and oxygen atoms in total. The van der Waals surface area contributed by atoms with Crippen LogP contribution in [0.1, 0.15) is 17.8 Å². The average Bonchev–Trinajstić information content (AvgIpc) is 3.40. The molecular weight excluding hydrogens is 408 g/mol. The maximum absolute atomic E-state index is 12.5. The summed E-state index contributed by atoms with van der Waals surface area (Å²) < 4.78 is 5.21. The normalized spacial score (nSPS) is 16.7. The van der Waals surface area contributed by atoms with Gasteiger partial charge in [0.15, 0.2) is 11.6 Å². The number of aliphatic hydroxyl groups excluding tert-OH is 1. The number of nitrogens with zero attached hydrogens (tertiary/aromatic N) is 3. The fourth-order valence-corrected chi connectivity index (χ4v) is 3.71. The van der Waals surface area contributed by atoms with Gasteiger partial charge in [0.25, 0.3) is 0 Å². The van der Waals surface area contributed by atoms with E-state index >= 15 is 0 Å². The second-order valence-electron chi connectivity index (χ2n) is 7.62. The number of fused-ring (bicyclic) bond motifs is 1. The molecule has 1 fully saturated rings. The van der Waals surface area contributed by atoms with E-state index in [9.17, 15) is 20.0 Å². The number of hydrogen-bond acceptors (Lipinski definition) is 6. The summed E-state index contributed by atoms with van der Waals surface area (Å²) in [6, 6.07) is 19.0. The molecule has 1 amide bonds. The fraction of sp³-hybridized carbons (Fsp3) is 0.250.